The van der Waals surface area contributed by atoms with Crippen LogP contribution in [0.3, 0.4) is 0 Å². The maximum atomic E-state index is 13.5. The fraction of sp³-hybridized carbons (Fsp3) is 0.238. The van der Waals surface area contributed by atoms with Crippen LogP contribution in [0, 0.1) is 22.9 Å². The van der Waals surface area contributed by atoms with Crippen LogP contribution >= 0.6 is 0 Å². The minimum Gasteiger partial charge on any atom is -0.312 e. The van der Waals surface area contributed by atoms with Crippen LogP contribution in [0.1, 0.15) is 12.5 Å². The first-order chi connectivity index (χ1) is 15.3. The van der Waals surface area contributed by atoms with Crippen LogP contribution in [0.2, 0.25) is 0 Å². The average Bonchev–Trinajstić information content (AvgIpc) is 3.09. The molecule has 2 aliphatic rings. The van der Waals surface area contributed by atoms with Gasteiger partial charge in [-0.05, 0) is 13.0 Å². The number of anilines is 2. The molecule has 1 atom stereocenters. The second-order valence-electron chi connectivity index (χ2n) is 7.57. The molecule has 166 valence electrons. The highest BCUT2D eigenvalue weighted by Gasteiger charge is 2.36. The van der Waals surface area contributed by atoms with Crippen molar-refractivity contribution in [2.75, 3.05) is 23.3 Å². The largest absolute Gasteiger partial charge is 0.322 e. The van der Waals surface area contributed by atoms with Gasteiger partial charge in [-0.1, -0.05) is 0 Å². The number of carbonyl (C=O) groups excluding carboxylic acids is 2. The van der Waals surface area contributed by atoms with E-state index in [0.717, 1.165) is 11.8 Å². The first-order valence-electron chi connectivity index (χ1n) is 9.85. The Kier molecular flexibility index (Phi) is 5.66. The normalized spacial score (nSPS) is 19.6. The minimum absolute atomic E-state index is 0.0636. The predicted octanol–water partition coefficient (Wildman–Crippen LogP) is 1.75. The molecule has 0 bridgehead atoms. The van der Waals surface area contributed by atoms with Crippen molar-refractivity contribution in [3.8, 4) is 0 Å². The van der Waals surface area contributed by atoms with Gasteiger partial charge < -0.3 is 20.9 Å². The number of urea groups is 1. The maximum absolute atomic E-state index is 13.5. The Labute approximate surface area is 181 Å². The summed E-state index contributed by atoms with van der Waals surface area (Å²) in [7, 11) is 0. The van der Waals surface area contributed by atoms with Gasteiger partial charge in [0, 0.05) is 42.0 Å². The number of pyridine rings is 1. The standard InChI is InChI=1S/C21H19F3N6O2/c1-11-8-27-16(18(7-25)30-17-2-3-26-9-12(17)4-19(30)31)10-29(11)21(32)28-13-5-14(22)20(24)15(23)6-13/h2-3,5-7,9,11,25,27H,4,8,10H2,1H3,(H,28,32)/p+1. The van der Waals surface area contributed by atoms with Crippen molar-refractivity contribution in [1.82, 2.24) is 9.88 Å². The molecule has 0 saturated carbocycles. The number of benzene rings is 1. The summed E-state index contributed by atoms with van der Waals surface area (Å²) >= 11 is 0. The number of hydrogen-bond acceptors (Lipinski definition) is 4. The Hall–Kier alpha value is -3.73. The molecule has 11 heteroatoms. The molecular weight excluding hydrogens is 425 g/mol. The van der Waals surface area contributed by atoms with E-state index in [2.05, 4.69) is 10.3 Å². The van der Waals surface area contributed by atoms with Crippen LogP contribution in [-0.2, 0) is 11.2 Å². The van der Waals surface area contributed by atoms with Crippen molar-refractivity contribution in [3.05, 3.63) is 65.0 Å². The van der Waals surface area contributed by atoms with Crippen LogP contribution < -0.4 is 15.5 Å². The van der Waals surface area contributed by atoms with Crippen molar-refractivity contribution in [2.45, 2.75) is 19.4 Å². The summed E-state index contributed by atoms with van der Waals surface area (Å²) < 4.78 is 40.2. The molecule has 1 saturated heterocycles. The van der Waals surface area contributed by atoms with Gasteiger partial charge in [0.2, 0.25) is 5.91 Å². The molecule has 1 fully saturated rings. The second-order valence-corrected chi connectivity index (χ2v) is 7.57. The topological polar surface area (TPSA) is 106 Å². The van der Waals surface area contributed by atoms with Crippen molar-refractivity contribution in [2.24, 2.45) is 0 Å². The van der Waals surface area contributed by atoms with E-state index >= 15 is 0 Å². The Morgan fingerprint density at radius 2 is 2.03 bits per heavy atom. The number of allylic oxidation sites excluding steroid dienone is 1. The molecule has 1 aromatic heterocycles. The zero-order valence-corrected chi connectivity index (χ0v) is 17.0. The fourth-order valence-electron chi connectivity index (χ4n) is 3.84. The highest BCUT2D eigenvalue weighted by molar-refractivity contribution is 6.08. The number of rotatable bonds is 3. The molecule has 8 nitrogen and oxygen atoms in total. The van der Waals surface area contributed by atoms with E-state index in [1.165, 1.54) is 9.80 Å². The number of fused-ring (bicyclic) bond motifs is 1. The SMILES string of the molecule is CC1C[NH2+]C(=C(C=N)N2C(=O)Cc3cnccc32)CN1C(=O)Nc1cc(F)c(F)c(F)c1. The first-order valence-corrected chi connectivity index (χ1v) is 9.85. The fourth-order valence-corrected chi connectivity index (χ4v) is 3.84. The van der Waals surface area contributed by atoms with Gasteiger partial charge in [0.05, 0.1) is 24.7 Å². The summed E-state index contributed by atoms with van der Waals surface area (Å²) in [4.78, 5) is 32.3. The van der Waals surface area contributed by atoms with Gasteiger partial charge in [-0.15, -0.1) is 0 Å². The van der Waals surface area contributed by atoms with E-state index in [9.17, 15) is 22.8 Å². The summed E-state index contributed by atoms with van der Waals surface area (Å²) in [5.74, 6) is -4.64. The van der Waals surface area contributed by atoms with E-state index < -0.39 is 23.5 Å². The Balaban J connectivity index is 1.61. The zero-order chi connectivity index (χ0) is 23.0. The van der Waals surface area contributed by atoms with Crippen molar-refractivity contribution >= 4 is 29.5 Å². The number of carbonyl (C=O) groups is 2. The third-order valence-electron chi connectivity index (χ3n) is 5.49. The molecule has 1 aromatic carbocycles. The number of halogens is 3. The van der Waals surface area contributed by atoms with Gasteiger partial charge in [0.25, 0.3) is 0 Å². The van der Waals surface area contributed by atoms with Crippen LogP contribution in [0.15, 0.2) is 42.0 Å². The predicted molar refractivity (Wildman–Crippen MR) is 110 cm³/mol. The monoisotopic (exact) mass is 445 g/mol. The van der Waals surface area contributed by atoms with Gasteiger partial charge in [0.1, 0.15) is 12.2 Å². The lowest BCUT2D eigenvalue weighted by molar-refractivity contribution is -0.621. The smallest absolute Gasteiger partial charge is 0.312 e. The number of quaternary nitrogens is 1. The van der Waals surface area contributed by atoms with Gasteiger partial charge in [-0.25, -0.2) is 18.0 Å². The molecule has 2 aromatic rings. The van der Waals surface area contributed by atoms with E-state index in [1.54, 1.807) is 25.4 Å². The average molecular weight is 445 g/mol. The molecule has 0 radical (unpaired) electrons. The van der Waals surface area contributed by atoms with Crippen molar-refractivity contribution < 1.29 is 28.1 Å². The highest BCUT2D eigenvalue weighted by atomic mass is 19.2. The van der Waals surface area contributed by atoms with Crippen molar-refractivity contribution in [1.29, 1.82) is 5.41 Å². The number of nitrogens with two attached hydrogens (primary N) is 1. The Bertz CT molecular complexity index is 1130. The molecule has 3 heterocycles. The van der Waals surface area contributed by atoms with E-state index in [4.69, 9.17) is 5.41 Å². The number of aromatic nitrogens is 1. The highest BCUT2D eigenvalue weighted by Crippen LogP contribution is 2.31. The number of nitrogens with one attached hydrogen (secondary N) is 2. The van der Waals surface area contributed by atoms with Crippen LogP contribution in [0.4, 0.5) is 29.3 Å². The number of piperazine rings is 1. The lowest BCUT2D eigenvalue weighted by Gasteiger charge is -2.34. The maximum Gasteiger partial charge on any atom is 0.322 e. The van der Waals surface area contributed by atoms with Crippen molar-refractivity contribution in [3.63, 3.8) is 0 Å². The quantitative estimate of drug-likeness (QED) is 0.495. The van der Waals surface area contributed by atoms with Gasteiger partial charge >= 0.3 is 6.03 Å². The van der Waals surface area contributed by atoms with E-state index in [-0.39, 0.29) is 30.6 Å². The van der Waals surface area contributed by atoms with Gasteiger partial charge in [-0.3, -0.25) is 14.7 Å². The second kappa shape index (κ2) is 8.42. The molecule has 0 spiro atoms. The molecule has 0 aliphatic carbocycles. The molecule has 4 N–H and O–H groups in total. The van der Waals surface area contributed by atoms with E-state index in [1.807, 2.05) is 5.32 Å². The molecule has 32 heavy (non-hydrogen) atoms. The summed E-state index contributed by atoms with van der Waals surface area (Å²) in [5, 5.41) is 12.2. The Morgan fingerprint density at radius 1 is 1.31 bits per heavy atom. The third-order valence-corrected chi connectivity index (χ3v) is 5.49. The number of hydrogen-bond donors (Lipinski definition) is 3. The molecule has 4 rings (SSSR count). The van der Waals surface area contributed by atoms with Crippen LogP contribution in [0.5, 0.6) is 0 Å². The molecule has 2 aliphatic heterocycles. The Morgan fingerprint density at radius 3 is 2.72 bits per heavy atom. The zero-order valence-electron chi connectivity index (χ0n) is 17.0. The van der Waals surface area contributed by atoms with E-state index in [0.29, 0.717) is 35.8 Å². The van der Waals surface area contributed by atoms with Gasteiger partial charge in [0.15, 0.2) is 23.1 Å². The number of amides is 3. The molecule has 1 unspecified atom stereocenters. The first kappa shape index (κ1) is 21.5. The number of nitrogens with zero attached hydrogens (tertiary/aromatic N) is 3. The molecular formula is C21H20F3N6O2+. The summed E-state index contributed by atoms with van der Waals surface area (Å²) in [6.45, 7) is 2.30. The lowest BCUT2D eigenvalue weighted by atomic mass is 10.1. The third kappa shape index (κ3) is 3.82. The van der Waals surface area contributed by atoms with Gasteiger partial charge in [-0.2, -0.15) is 0 Å². The molecule has 3 amide bonds. The van der Waals surface area contributed by atoms with Crippen LogP contribution in [-0.4, -0.2) is 47.2 Å². The summed E-state index contributed by atoms with van der Waals surface area (Å²) in [6.07, 6.45) is 4.39. The minimum atomic E-state index is -1.62. The summed E-state index contributed by atoms with van der Waals surface area (Å²) in [5.41, 5.74) is 2.08. The lowest BCUT2D eigenvalue weighted by Crippen LogP contribution is -2.90. The summed E-state index contributed by atoms with van der Waals surface area (Å²) in [6, 6.07) is 2.19. The van der Waals surface area contributed by atoms with Crippen LogP contribution in [0.25, 0.3) is 0 Å².